The molecule has 2 heterocycles. The fourth-order valence-corrected chi connectivity index (χ4v) is 2.52. The number of hydrogen-bond acceptors (Lipinski definition) is 5. The molecular weight excluding hydrogens is 242 g/mol. The fourth-order valence-electron chi connectivity index (χ4n) is 2.52. The summed E-state index contributed by atoms with van der Waals surface area (Å²) < 4.78 is 4.82. The Balaban J connectivity index is 2.09. The molecule has 0 bridgehead atoms. The number of ether oxygens (including phenoxy) is 1. The number of nitrogens with zero attached hydrogens (tertiary/aromatic N) is 3. The standard InChI is InChI=1S/C14H17N3O2/c1-10-9-17(7-6-12(10)14(18)19-2)13-5-3-4-11(8-15)16-13/h3-5,10,12H,6-7,9H2,1-2H3/t10-,12+/m0/s1. The van der Waals surface area contributed by atoms with E-state index in [2.05, 4.69) is 9.88 Å². The van der Waals surface area contributed by atoms with Crippen LogP contribution in [0.4, 0.5) is 5.82 Å². The molecule has 0 aliphatic carbocycles. The predicted molar refractivity (Wildman–Crippen MR) is 70.5 cm³/mol. The van der Waals surface area contributed by atoms with E-state index in [0.717, 1.165) is 25.3 Å². The number of pyridine rings is 1. The molecule has 0 saturated carbocycles. The third-order valence-electron chi connectivity index (χ3n) is 3.58. The molecule has 0 unspecified atom stereocenters. The lowest BCUT2D eigenvalue weighted by Crippen LogP contribution is -2.42. The Hall–Kier alpha value is -2.09. The van der Waals surface area contributed by atoms with Gasteiger partial charge in [0.2, 0.25) is 0 Å². The summed E-state index contributed by atoms with van der Waals surface area (Å²) in [6.45, 7) is 3.55. The molecular formula is C14H17N3O2. The molecule has 1 fully saturated rings. The summed E-state index contributed by atoms with van der Waals surface area (Å²) in [4.78, 5) is 18.0. The molecule has 0 N–H and O–H groups in total. The summed E-state index contributed by atoms with van der Waals surface area (Å²) in [5, 5.41) is 8.87. The topological polar surface area (TPSA) is 66.2 Å². The van der Waals surface area contributed by atoms with Crippen LogP contribution in [0.1, 0.15) is 19.0 Å². The van der Waals surface area contributed by atoms with E-state index in [1.807, 2.05) is 25.1 Å². The monoisotopic (exact) mass is 259 g/mol. The number of rotatable bonds is 2. The van der Waals surface area contributed by atoms with Crippen molar-refractivity contribution in [2.75, 3.05) is 25.1 Å². The lowest BCUT2D eigenvalue weighted by molar-refractivity contribution is -0.147. The molecule has 2 rings (SSSR count). The van der Waals surface area contributed by atoms with E-state index in [4.69, 9.17) is 10.00 Å². The van der Waals surface area contributed by atoms with Crippen molar-refractivity contribution in [2.24, 2.45) is 11.8 Å². The van der Waals surface area contributed by atoms with Crippen molar-refractivity contribution in [1.29, 1.82) is 5.26 Å². The number of carbonyl (C=O) groups is 1. The van der Waals surface area contributed by atoms with E-state index >= 15 is 0 Å². The smallest absolute Gasteiger partial charge is 0.309 e. The van der Waals surface area contributed by atoms with Crippen LogP contribution in [0.3, 0.4) is 0 Å². The van der Waals surface area contributed by atoms with Gasteiger partial charge in [-0.15, -0.1) is 0 Å². The fraction of sp³-hybridized carbons (Fsp3) is 0.500. The third kappa shape index (κ3) is 2.84. The number of piperidine rings is 1. The number of anilines is 1. The summed E-state index contributed by atoms with van der Waals surface area (Å²) in [7, 11) is 1.43. The van der Waals surface area contributed by atoms with Crippen LogP contribution in [0.5, 0.6) is 0 Å². The van der Waals surface area contributed by atoms with Gasteiger partial charge in [-0.2, -0.15) is 5.26 Å². The molecule has 5 heteroatoms. The first kappa shape index (κ1) is 13.3. The highest BCUT2D eigenvalue weighted by Gasteiger charge is 2.32. The van der Waals surface area contributed by atoms with Crippen LogP contribution in [0, 0.1) is 23.2 Å². The first-order chi connectivity index (χ1) is 9.15. The lowest BCUT2D eigenvalue weighted by Gasteiger charge is -2.36. The van der Waals surface area contributed by atoms with Gasteiger partial charge in [-0.05, 0) is 24.5 Å². The van der Waals surface area contributed by atoms with Crippen LogP contribution >= 0.6 is 0 Å². The average Bonchev–Trinajstić information content (AvgIpc) is 2.46. The molecule has 1 aromatic rings. The molecule has 5 nitrogen and oxygen atoms in total. The van der Waals surface area contributed by atoms with E-state index in [-0.39, 0.29) is 17.8 Å². The van der Waals surface area contributed by atoms with E-state index < -0.39 is 0 Å². The SMILES string of the molecule is COC(=O)[C@@H]1CCN(c2cccc(C#N)n2)C[C@@H]1C. The zero-order valence-electron chi connectivity index (χ0n) is 11.2. The van der Waals surface area contributed by atoms with Crippen molar-refractivity contribution in [3.05, 3.63) is 23.9 Å². The molecule has 19 heavy (non-hydrogen) atoms. The highest BCUT2D eigenvalue weighted by atomic mass is 16.5. The van der Waals surface area contributed by atoms with Crippen molar-refractivity contribution >= 4 is 11.8 Å². The highest BCUT2D eigenvalue weighted by molar-refractivity contribution is 5.73. The number of methoxy groups -OCH3 is 1. The van der Waals surface area contributed by atoms with E-state index in [9.17, 15) is 4.79 Å². The van der Waals surface area contributed by atoms with Crippen molar-refractivity contribution in [1.82, 2.24) is 4.98 Å². The van der Waals surface area contributed by atoms with Gasteiger partial charge in [0.25, 0.3) is 0 Å². The molecule has 1 aliphatic rings. The summed E-state index contributed by atoms with van der Waals surface area (Å²) in [5.74, 6) is 0.842. The van der Waals surface area contributed by atoms with Crippen LogP contribution in [0.2, 0.25) is 0 Å². The Morgan fingerprint density at radius 1 is 1.58 bits per heavy atom. The van der Waals surface area contributed by atoms with Gasteiger partial charge in [-0.1, -0.05) is 13.0 Å². The van der Waals surface area contributed by atoms with E-state index in [0.29, 0.717) is 5.69 Å². The number of nitriles is 1. The minimum Gasteiger partial charge on any atom is -0.469 e. The maximum absolute atomic E-state index is 11.6. The first-order valence-electron chi connectivity index (χ1n) is 6.35. The molecule has 2 atom stereocenters. The molecule has 100 valence electrons. The predicted octanol–water partition coefficient (Wildman–Crippen LogP) is 1.59. The van der Waals surface area contributed by atoms with Crippen LogP contribution in [0.25, 0.3) is 0 Å². The third-order valence-corrected chi connectivity index (χ3v) is 3.58. The Morgan fingerprint density at radius 3 is 3.00 bits per heavy atom. The van der Waals surface area contributed by atoms with Gasteiger partial charge in [0.05, 0.1) is 13.0 Å². The first-order valence-corrected chi connectivity index (χ1v) is 6.35. The van der Waals surface area contributed by atoms with Gasteiger partial charge < -0.3 is 9.64 Å². The van der Waals surface area contributed by atoms with Gasteiger partial charge in [-0.3, -0.25) is 4.79 Å². The van der Waals surface area contributed by atoms with Crippen LogP contribution in [-0.2, 0) is 9.53 Å². The molecule has 0 aromatic carbocycles. The molecule has 0 radical (unpaired) electrons. The quantitative estimate of drug-likeness (QED) is 0.754. The van der Waals surface area contributed by atoms with Gasteiger partial charge in [0, 0.05) is 13.1 Å². The van der Waals surface area contributed by atoms with Gasteiger partial charge in [-0.25, -0.2) is 4.98 Å². The lowest BCUT2D eigenvalue weighted by atomic mass is 9.87. The van der Waals surface area contributed by atoms with Crippen LogP contribution in [0.15, 0.2) is 18.2 Å². The maximum atomic E-state index is 11.6. The molecule has 0 spiro atoms. The molecule has 1 aromatic heterocycles. The summed E-state index contributed by atoms with van der Waals surface area (Å²) >= 11 is 0. The molecule has 1 saturated heterocycles. The van der Waals surface area contributed by atoms with Gasteiger partial charge in [0.15, 0.2) is 0 Å². The van der Waals surface area contributed by atoms with Crippen LogP contribution in [-0.4, -0.2) is 31.2 Å². The highest BCUT2D eigenvalue weighted by Crippen LogP contribution is 2.27. The summed E-state index contributed by atoms with van der Waals surface area (Å²) in [6.07, 6.45) is 0.756. The second-order valence-corrected chi connectivity index (χ2v) is 4.83. The van der Waals surface area contributed by atoms with Gasteiger partial charge in [0.1, 0.15) is 17.6 Å². The molecule has 1 aliphatic heterocycles. The second-order valence-electron chi connectivity index (χ2n) is 4.83. The second kappa shape index (κ2) is 5.70. The van der Waals surface area contributed by atoms with Gasteiger partial charge >= 0.3 is 5.97 Å². The molecule has 0 amide bonds. The van der Waals surface area contributed by atoms with Crippen molar-refractivity contribution in [3.8, 4) is 6.07 Å². The van der Waals surface area contributed by atoms with E-state index in [1.165, 1.54) is 7.11 Å². The van der Waals surface area contributed by atoms with Crippen molar-refractivity contribution in [2.45, 2.75) is 13.3 Å². The zero-order chi connectivity index (χ0) is 13.8. The summed E-state index contributed by atoms with van der Waals surface area (Å²) in [5.41, 5.74) is 0.417. The summed E-state index contributed by atoms with van der Waals surface area (Å²) in [6, 6.07) is 7.46. The van der Waals surface area contributed by atoms with Crippen molar-refractivity contribution < 1.29 is 9.53 Å². The number of carbonyl (C=O) groups excluding carboxylic acids is 1. The Bertz CT molecular complexity index is 510. The Labute approximate surface area is 112 Å². The minimum absolute atomic E-state index is 0.0413. The minimum atomic E-state index is -0.133. The van der Waals surface area contributed by atoms with Crippen molar-refractivity contribution in [3.63, 3.8) is 0 Å². The Kier molecular flexibility index (Phi) is 4.00. The largest absolute Gasteiger partial charge is 0.469 e. The maximum Gasteiger partial charge on any atom is 0.309 e. The van der Waals surface area contributed by atoms with E-state index in [1.54, 1.807) is 6.07 Å². The normalized spacial score (nSPS) is 22.7. The Morgan fingerprint density at radius 2 is 2.37 bits per heavy atom. The average molecular weight is 259 g/mol. The number of hydrogen-bond donors (Lipinski definition) is 0. The van der Waals surface area contributed by atoms with Crippen LogP contribution < -0.4 is 4.90 Å². The number of esters is 1. The number of aromatic nitrogens is 1. The zero-order valence-corrected chi connectivity index (χ0v) is 11.2.